The van der Waals surface area contributed by atoms with Gasteiger partial charge in [-0.25, -0.2) is 17.7 Å². The smallest absolute Gasteiger partial charge is 0.00296 e. The maximum atomic E-state index is 4.56. The Morgan fingerprint density at radius 1 is 0.882 bits per heavy atom. The van der Waals surface area contributed by atoms with E-state index in [4.69, 9.17) is 0 Å². The standard InChI is InChI=1S/C15H9N.Y/c1-2-6-12(7-3-1)15-11-10-13-8-4-5-9-14(13)16-15;/h1-6,8-10H;/q-2;. The Labute approximate surface area is 126 Å². The fourth-order valence-corrected chi connectivity index (χ4v) is 1.69. The number of rotatable bonds is 1. The second-order valence-corrected chi connectivity index (χ2v) is 3.58. The molecular formula is C15H9NY-2. The molecule has 0 spiro atoms. The van der Waals surface area contributed by atoms with Crippen LogP contribution in [0.25, 0.3) is 22.2 Å². The fourth-order valence-electron chi connectivity index (χ4n) is 1.69. The Kier molecular flexibility index (Phi) is 4.03. The van der Waals surface area contributed by atoms with Crippen LogP contribution in [0, 0.1) is 12.1 Å². The third-order valence-corrected chi connectivity index (χ3v) is 2.50. The minimum atomic E-state index is 0. The predicted octanol–water partition coefficient (Wildman–Crippen LogP) is 3.50. The van der Waals surface area contributed by atoms with Gasteiger partial charge in [0.15, 0.2) is 0 Å². The number of nitrogens with zero attached hydrogens (tertiary/aromatic N) is 1. The van der Waals surface area contributed by atoms with Crippen LogP contribution in [0.4, 0.5) is 0 Å². The molecule has 0 aliphatic carbocycles. The Balaban J connectivity index is 0.00000108. The van der Waals surface area contributed by atoms with Crippen molar-refractivity contribution in [3.05, 3.63) is 66.7 Å². The summed E-state index contributed by atoms with van der Waals surface area (Å²) in [6, 6.07) is 24.2. The molecule has 0 aliphatic rings. The quantitative estimate of drug-likeness (QED) is 0.626. The number of aromatic nitrogens is 1. The molecule has 0 fully saturated rings. The third kappa shape index (κ3) is 2.62. The second-order valence-electron chi connectivity index (χ2n) is 3.58. The summed E-state index contributed by atoms with van der Waals surface area (Å²) in [4.78, 5) is 4.56. The number of hydrogen-bond acceptors (Lipinski definition) is 1. The molecule has 0 atom stereocenters. The molecule has 2 aromatic carbocycles. The minimum Gasteiger partial charge on any atom is -0.336 e. The molecule has 1 nitrogen and oxygen atoms in total. The zero-order valence-corrected chi connectivity index (χ0v) is 12.1. The molecule has 79 valence electrons. The fraction of sp³-hybridized carbons (Fsp3) is 0. The van der Waals surface area contributed by atoms with Crippen LogP contribution < -0.4 is 0 Å². The van der Waals surface area contributed by atoms with Crippen molar-refractivity contribution in [1.29, 1.82) is 0 Å². The van der Waals surface area contributed by atoms with Crippen LogP contribution in [0.3, 0.4) is 0 Å². The van der Waals surface area contributed by atoms with Gasteiger partial charge >= 0.3 is 0 Å². The van der Waals surface area contributed by atoms with Gasteiger partial charge in [0, 0.05) is 38.2 Å². The number of benzene rings is 2. The summed E-state index contributed by atoms with van der Waals surface area (Å²) in [5.41, 5.74) is 2.82. The van der Waals surface area contributed by atoms with E-state index in [0.29, 0.717) is 0 Å². The van der Waals surface area contributed by atoms with Crippen LogP contribution in [-0.4, -0.2) is 4.98 Å². The van der Waals surface area contributed by atoms with E-state index in [2.05, 4.69) is 17.1 Å². The van der Waals surface area contributed by atoms with Gasteiger partial charge < -0.3 is 4.98 Å². The first-order valence-electron chi connectivity index (χ1n) is 5.18. The van der Waals surface area contributed by atoms with Gasteiger partial charge in [-0.1, -0.05) is 17.5 Å². The molecular weight excluding hydrogens is 283 g/mol. The summed E-state index contributed by atoms with van der Waals surface area (Å²) in [7, 11) is 0. The summed E-state index contributed by atoms with van der Waals surface area (Å²) in [5, 5.41) is 1.11. The summed E-state index contributed by atoms with van der Waals surface area (Å²) >= 11 is 0. The molecule has 17 heavy (non-hydrogen) atoms. The SMILES string of the molecule is [Y].[c-]1ccccc1-c1[c-]cc2ccccc2n1. The summed E-state index contributed by atoms with van der Waals surface area (Å²) in [6.45, 7) is 0. The Bertz CT molecular complexity index is 620. The second kappa shape index (κ2) is 5.53. The molecule has 0 saturated carbocycles. The number of pyridine rings is 1. The molecule has 2 heteroatoms. The van der Waals surface area contributed by atoms with Crippen LogP contribution in [-0.2, 0) is 32.7 Å². The van der Waals surface area contributed by atoms with Crippen LogP contribution in [0.2, 0.25) is 0 Å². The van der Waals surface area contributed by atoms with E-state index in [1.165, 1.54) is 0 Å². The average Bonchev–Trinajstić information content (AvgIpc) is 2.39. The molecule has 3 rings (SSSR count). The summed E-state index contributed by atoms with van der Waals surface area (Å²) in [6.07, 6.45) is 0. The van der Waals surface area contributed by atoms with Crippen molar-refractivity contribution in [3.8, 4) is 11.3 Å². The molecule has 0 unspecified atom stereocenters. The van der Waals surface area contributed by atoms with Crippen molar-refractivity contribution >= 4 is 10.9 Å². The Morgan fingerprint density at radius 3 is 2.53 bits per heavy atom. The normalized spacial score (nSPS) is 9.88. The van der Waals surface area contributed by atoms with Gasteiger partial charge in [-0.05, 0) is 6.07 Å². The monoisotopic (exact) mass is 292 g/mol. The number of para-hydroxylation sites is 1. The topological polar surface area (TPSA) is 12.9 Å². The van der Waals surface area contributed by atoms with Gasteiger partial charge in [0.05, 0.1) is 0 Å². The van der Waals surface area contributed by atoms with E-state index in [0.717, 1.165) is 22.2 Å². The molecule has 1 aromatic heterocycles. The van der Waals surface area contributed by atoms with Crippen molar-refractivity contribution in [2.45, 2.75) is 0 Å². The van der Waals surface area contributed by atoms with Crippen LogP contribution in [0.15, 0.2) is 54.6 Å². The number of hydrogen-bond donors (Lipinski definition) is 0. The molecule has 1 radical (unpaired) electrons. The van der Waals surface area contributed by atoms with Crippen molar-refractivity contribution in [2.24, 2.45) is 0 Å². The van der Waals surface area contributed by atoms with E-state index in [-0.39, 0.29) is 32.7 Å². The first-order valence-corrected chi connectivity index (χ1v) is 5.18. The zero-order valence-electron chi connectivity index (χ0n) is 9.22. The maximum Gasteiger partial charge on any atom is 0.00296 e. The van der Waals surface area contributed by atoms with E-state index in [1.54, 1.807) is 0 Å². The van der Waals surface area contributed by atoms with Crippen molar-refractivity contribution in [3.63, 3.8) is 0 Å². The summed E-state index contributed by atoms with van der Waals surface area (Å²) in [5.74, 6) is 0. The zero-order chi connectivity index (χ0) is 10.8. The third-order valence-electron chi connectivity index (χ3n) is 2.50. The van der Waals surface area contributed by atoms with Crippen molar-refractivity contribution in [1.82, 2.24) is 4.98 Å². The van der Waals surface area contributed by atoms with E-state index < -0.39 is 0 Å². The van der Waals surface area contributed by atoms with Gasteiger partial charge in [-0.2, -0.15) is 24.3 Å². The van der Waals surface area contributed by atoms with Gasteiger partial charge in [0.2, 0.25) is 0 Å². The predicted molar refractivity (Wildman–Crippen MR) is 64.9 cm³/mol. The molecule has 0 bridgehead atoms. The number of fused-ring (bicyclic) bond motifs is 1. The van der Waals surface area contributed by atoms with E-state index in [9.17, 15) is 0 Å². The van der Waals surface area contributed by atoms with Gasteiger partial charge in [0.25, 0.3) is 0 Å². The largest absolute Gasteiger partial charge is 0.336 e. The molecule has 0 saturated heterocycles. The van der Waals surface area contributed by atoms with Crippen LogP contribution >= 0.6 is 0 Å². The Morgan fingerprint density at radius 2 is 1.71 bits per heavy atom. The van der Waals surface area contributed by atoms with E-state index in [1.807, 2.05) is 54.6 Å². The van der Waals surface area contributed by atoms with Gasteiger partial charge in [0.1, 0.15) is 0 Å². The van der Waals surface area contributed by atoms with Crippen molar-refractivity contribution in [2.75, 3.05) is 0 Å². The first kappa shape index (κ1) is 12.4. The molecule has 3 aromatic rings. The van der Waals surface area contributed by atoms with E-state index >= 15 is 0 Å². The van der Waals surface area contributed by atoms with Crippen LogP contribution in [0.1, 0.15) is 0 Å². The van der Waals surface area contributed by atoms with Gasteiger partial charge in [-0.15, -0.1) is 17.8 Å². The van der Waals surface area contributed by atoms with Gasteiger partial charge in [-0.3, -0.25) is 0 Å². The average molecular weight is 292 g/mol. The minimum absolute atomic E-state index is 0. The summed E-state index contributed by atoms with van der Waals surface area (Å²) < 4.78 is 0. The molecule has 1 heterocycles. The molecule has 0 amide bonds. The molecule has 0 N–H and O–H groups in total. The Hall–Kier alpha value is -1.05. The van der Waals surface area contributed by atoms with Crippen LogP contribution in [0.5, 0.6) is 0 Å². The maximum absolute atomic E-state index is 4.56. The van der Waals surface area contributed by atoms with Crippen molar-refractivity contribution < 1.29 is 32.7 Å². The molecule has 0 aliphatic heterocycles. The first-order chi connectivity index (χ1) is 7.93.